The molecule has 0 unspecified atom stereocenters. The third-order valence-electron chi connectivity index (χ3n) is 6.61. The third-order valence-corrected chi connectivity index (χ3v) is 6.61. The maximum Gasteiger partial charge on any atom is 0.225 e. The Labute approximate surface area is 193 Å². The number of anilines is 2. The van der Waals surface area contributed by atoms with Crippen molar-refractivity contribution in [3.05, 3.63) is 54.8 Å². The molecule has 0 bridgehead atoms. The summed E-state index contributed by atoms with van der Waals surface area (Å²) in [7, 11) is 1.70. The number of benzene rings is 1. The Hall–Kier alpha value is -3.55. The van der Waals surface area contributed by atoms with E-state index in [2.05, 4.69) is 26.1 Å². The van der Waals surface area contributed by atoms with Gasteiger partial charge in [0.15, 0.2) is 11.6 Å². The lowest BCUT2D eigenvalue weighted by molar-refractivity contribution is -0.136. The van der Waals surface area contributed by atoms with Crippen LogP contribution in [0.5, 0.6) is 5.75 Å². The van der Waals surface area contributed by atoms with Crippen LogP contribution in [0.4, 0.5) is 11.5 Å². The van der Waals surface area contributed by atoms with Gasteiger partial charge in [0.25, 0.3) is 0 Å². The quantitative estimate of drug-likeness (QED) is 0.594. The summed E-state index contributed by atoms with van der Waals surface area (Å²) in [6.45, 7) is 4.76. The van der Waals surface area contributed by atoms with Crippen molar-refractivity contribution in [2.24, 2.45) is 5.92 Å². The van der Waals surface area contributed by atoms with E-state index < -0.39 is 0 Å². The maximum atomic E-state index is 13.2. The Bertz CT molecular complexity index is 1050. The molecule has 172 valence electrons. The predicted molar refractivity (Wildman–Crippen MR) is 126 cm³/mol. The van der Waals surface area contributed by atoms with Crippen molar-refractivity contribution in [1.82, 2.24) is 15.1 Å². The highest BCUT2D eigenvalue weighted by Gasteiger charge is 2.31. The number of amides is 1. The number of aromatic nitrogens is 2. The summed E-state index contributed by atoms with van der Waals surface area (Å²) in [5.41, 5.74) is 1.82. The number of methoxy groups -OCH3 is 1. The van der Waals surface area contributed by atoms with Crippen molar-refractivity contribution >= 4 is 17.4 Å². The van der Waals surface area contributed by atoms with E-state index in [1.165, 1.54) is 0 Å². The zero-order chi connectivity index (χ0) is 22.6. The smallest absolute Gasteiger partial charge is 0.225 e. The molecule has 0 spiro atoms. The van der Waals surface area contributed by atoms with Gasteiger partial charge in [0.05, 0.1) is 19.1 Å². The molecule has 2 aromatic heterocycles. The molecular formula is C25H29N5O3. The van der Waals surface area contributed by atoms with Gasteiger partial charge in [-0.3, -0.25) is 4.79 Å². The van der Waals surface area contributed by atoms with Gasteiger partial charge in [-0.15, -0.1) is 10.2 Å². The van der Waals surface area contributed by atoms with Crippen LogP contribution in [0.3, 0.4) is 0 Å². The van der Waals surface area contributed by atoms with E-state index in [4.69, 9.17) is 9.15 Å². The van der Waals surface area contributed by atoms with E-state index in [1.54, 1.807) is 13.4 Å². The highest BCUT2D eigenvalue weighted by molar-refractivity contribution is 5.79. The number of piperazine rings is 1. The van der Waals surface area contributed by atoms with Gasteiger partial charge in [0.2, 0.25) is 5.91 Å². The normalized spacial score (nSPS) is 17.3. The third kappa shape index (κ3) is 4.51. The van der Waals surface area contributed by atoms with Gasteiger partial charge in [-0.1, -0.05) is 12.1 Å². The molecule has 0 N–H and O–H groups in total. The fraction of sp³-hybridized carbons (Fsp3) is 0.400. The molecule has 2 aliphatic rings. The van der Waals surface area contributed by atoms with E-state index in [9.17, 15) is 4.79 Å². The van der Waals surface area contributed by atoms with Crippen LogP contribution in [-0.2, 0) is 4.79 Å². The van der Waals surface area contributed by atoms with Gasteiger partial charge in [-0.05, 0) is 49.2 Å². The lowest BCUT2D eigenvalue weighted by atomic mass is 9.95. The molecule has 8 heteroatoms. The van der Waals surface area contributed by atoms with Crippen LogP contribution >= 0.6 is 0 Å². The molecular weight excluding hydrogens is 418 g/mol. The molecule has 0 atom stereocenters. The zero-order valence-electron chi connectivity index (χ0n) is 18.9. The lowest BCUT2D eigenvalue weighted by Crippen LogP contribution is -2.51. The second-order valence-corrected chi connectivity index (χ2v) is 8.50. The Balaban J connectivity index is 1.13. The van der Waals surface area contributed by atoms with E-state index in [0.29, 0.717) is 5.76 Å². The van der Waals surface area contributed by atoms with Crippen LogP contribution < -0.4 is 14.5 Å². The Morgan fingerprint density at radius 3 is 2.36 bits per heavy atom. The summed E-state index contributed by atoms with van der Waals surface area (Å²) in [4.78, 5) is 19.7. The number of nitrogens with zero attached hydrogens (tertiary/aromatic N) is 5. The number of furan rings is 1. The molecule has 33 heavy (non-hydrogen) atoms. The van der Waals surface area contributed by atoms with Gasteiger partial charge in [-0.2, -0.15) is 0 Å². The molecule has 3 aromatic rings. The Morgan fingerprint density at radius 2 is 1.70 bits per heavy atom. The minimum absolute atomic E-state index is 0.0782. The molecule has 2 saturated heterocycles. The van der Waals surface area contributed by atoms with Gasteiger partial charge in [0.1, 0.15) is 11.4 Å². The molecule has 8 nitrogen and oxygen atoms in total. The molecule has 0 radical (unpaired) electrons. The summed E-state index contributed by atoms with van der Waals surface area (Å²) in [6, 6.07) is 15.7. The average Bonchev–Trinajstić information content (AvgIpc) is 3.44. The van der Waals surface area contributed by atoms with Crippen LogP contribution in [0, 0.1) is 5.92 Å². The average molecular weight is 448 g/mol. The fourth-order valence-corrected chi connectivity index (χ4v) is 4.72. The minimum Gasteiger partial charge on any atom is -0.495 e. The fourth-order valence-electron chi connectivity index (χ4n) is 4.72. The molecule has 1 aromatic carbocycles. The van der Waals surface area contributed by atoms with Crippen molar-refractivity contribution in [1.29, 1.82) is 0 Å². The van der Waals surface area contributed by atoms with Crippen LogP contribution in [0.15, 0.2) is 59.2 Å². The van der Waals surface area contributed by atoms with Crippen LogP contribution in [-0.4, -0.2) is 67.4 Å². The number of rotatable bonds is 5. The van der Waals surface area contributed by atoms with Gasteiger partial charge < -0.3 is 23.9 Å². The lowest BCUT2D eigenvalue weighted by Gasteiger charge is -2.39. The van der Waals surface area contributed by atoms with Gasteiger partial charge in [0, 0.05) is 45.2 Å². The molecule has 0 aliphatic carbocycles. The van der Waals surface area contributed by atoms with Crippen molar-refractivity contribution in [2.75, 3.05) is 56.2 Å². The van der Waals surface area contributed by atoms with Gasteiger partial charge >= 0.3 is 0 Å². The molecule has 4 heterocycles. The van der Waals surface area contributed by atoms with E-state index in [-0.39, 0.29) is 11.8 Å². The topological polar surface area (TPSA) is 74.9 Å². The molecule has 1 amide bonds. The standard InChI is InChI=1S/C25H29N5O3/c1-32-23-6-3-2-5-21(23)28-14-16-30(17-15-28)25(31)19-10-12-29(13-11-19)24-9-8-20(26-27-24)22-7-4-18-33-22/h2-9,18-19H,10-17H2,1H3. The number of ether oxygens (including phenoxy) is 1. The zero-order valence-corrected chi connectivity index (χ0v) is 18.9. The number of piperidine rings is 1. The van der Waals surface area contributed by atoms with E-state index in [1.807, 2.05) is 47.4 Å². The Morgan fingerprint density at radius 1 is 0.909 bits per heavy atom. The number of hydrogen-bond donors (Lipinski definition) is 0. The van der Waals surface area contributed by atoms with Crippen molar-refractivity contribution in [3.63, 3.8) is 0 Å². The van der Waals surface area contributed by atoms with Crippen molar-refractivity contribution in [2.45, 2.75) is 12.8 Å². The summed E-state index contributed by atoms with van der Waals surface area (Å²) in [6.07, 6.45) is 3.31. The van der Waals surface area contributed by atoms with Crippen molar-refractivity contribution < 1.29 is 13.9 Å². The molecule has 2 aliphatic heterocycles. The minimum atomic E-state index is 0.0782. The van der Waals surface area contributed by atoms with Crippen molar-refractivity contribution in [3.8, 4) is 17.2 Å². The van der Waals surface area contributed by atoms with Gasteiger partial charge in [-0.25, -0.2) is 0 Å². The monoisotopic (exact) mass is 447 g/mol. The summed E-state index contributed by atoms with van der Waals surface area (Å²) in [5, 5.41) is 8.67. The Kier molecular flexibility index (Phi) is 6.15. The van der Waals surface area contributed by atoms with Crippen LogP contribution in [0.2, 0.25) is 0 Å². The highest BCUT2D eigenvalue weighted by atomic mass is 16.5. The van der Waals surface area contributed by atoms with Crippen LogP contribution in [0.25, 0.3) is 11.5 Å². The number of carbonyl (C=O) groups excluding carboxylic acids is 1. The second kappa shape index (κ2) is 9.52. The largest absolute Gasteiger partial charge is 0.495 e. The summed E-state index contributed by atoms with van der Waals surface area (Å²) in [5.74, 6) is 2.80. The SMILES string of the molecule is COc1ccccc1N1CCN(C(=O)C2CCN(c3ccc(-c4ccco4)nn3)CC2)CC1. The molecule has 5 rings (SSSR count). The maximum absolute atomic E-state index is 13.2. The predicted octanol–water partition coefficient (Wildman–Crippen LogP) is 3.31. The highest BCUT2D eigenvalue weighted by Crippen LogP contribution is 2.29. The second-order valence-electron chi connectivity index (χ2n) is 8.50. The number of para-hydroxylation sites is 2. The molecule has 0 saturated carbocycles. The first-order valence-electron chi connectivity index (χ1n) is 11.5. The number of carbonyl (C=O) groups is 1. The number of hydrogen-bond acceptors (Lipinski definition) is 7. The van der Waals surface area contributed by atoms with E-state index in [0.717, 1.165) is 75.1 Å². The first kappa shape index (κ1) is 21.3. The summed E-state index contributed by atoms with van der Waals surface area (Å²) < 4.78 is 10.9. The van der Waals surface area contributed by atoms with Crippen LogP contribution in [0.1, 0.15) is 12.8 Å². The first-order chi connectivity index (χ1) is 16.2. The van der Waals surface area contributed by atoms with E-state index >= 15 is 0 Å². The molecule has 2 fully saturated rings. The summed E-state index contributed by atoms with van der Waals surface area (Å²) >= 11 is 0. The first-order valence-corrected chi connectivity index (χ1v) is 11.5.